The molecule has 0 aromatic carbocycles. The van der Waals surface area contributed by atoms with Crippen LogP contribution >= 0.6 is 15.9 Å². The van der Waals surface area contributed by atoms with E-state index in [0.717, 1.165) is 17.1 Å². The highest BCUT2D eigenvalue weighted by atomic mass is 79.9. The van der Waals surface area contributed by atoms with Crippen LogP contribution in [-0.2, 0) is 14.8 Å². The van der Waals surface area contributed by atoms with Crippen LogP contribution in [0.15, 0.2) is 23.4 Å². The Morgan fingerprint density at radius 2 is 2.10 bits per heavy atom. The van der Waals surface area contributed by atoms with Crippen molar-refractivity contribution in [2.75, 3.05) is 25.1 Å². The molecule has 0 bridgehead atoms. The molecule has 6 nitrogen and oxygen atoms in total. The van der Waals surface area contributed by atoms with Crippen molar-refractivity contribution in [1.29, 1.82) is 0 Å². The largest absolute Gasteiger partial charge is 0.381 e. The van der Waals surface area contributed by atoms with Crippen LogP contribution in [0.4, 0.5) is 0 Å². The minimum absolute atomic E-state index is 0.133. The summed E-state index contributed by atoms with van der Waals surface area (Å²) in [5.74, 6) is -0.482. The van der Waals surface area contributed by atoms with Gasteiger partial charge in [-0.25, -0.2) is 9.29 Å². The van der Waals surface area contributed by atoms with E-state index in [9.17, 15) is 13.2 Å². The normalized spacial score (nSPS) is 23.1. The highest BCUT2D eigenvalue weighted by Gasteiger charge is 2.46. The van der Waals surface area contributed by atoms with Crippen LogP contribution in [0.25, 0.3) is 0 Å². The van der Waals surface area contributed by atoms with Crippen molar-refractivity contribution in [1.82, 2.24) is 9.29 Å². The number of nitrogens with zero attached hydrogens (tertiary/aromatic N) is 2. The third-order valence-corrected chi connectivity index (χ3v) is 6.96. The lowest BCUT2D eigenvalue weighted by Crippen LogP contribution is -2.45. The Morgan fingerprint density at radius 3 is 2.71 bits per heavy atom. The summed E-state index contributed by atoms with van der Waals surface area (Å²) in [6.45, 7) is 1.33. The molecule has 1 amide bonds. The Kier molecular flexibility index (Phi) is 3.79. The third-order valence-electron chi connectivity index (χ3n) is 4.08. The minimum atomic E-state index is -3.83. The second-order valence-corrected chi connectivity index (χ2v) is 7.76. The van der Waals surface area contributed by atoms with Gasteiger partial charge in [0.2, 0.25) is 0 Å². The molecule has 1 saturated heterocycles. The Bertz CT molecular complexity index is 671. The minimum Gasteiger partial charge on any atom is -0.381 e. The molecule has 1 fully saturated rings. The van der Waals surface area contributed by atoms with Gasteiger partial charge >= 0.3 is 0 Å². The standard InChI is InChI=1S/C13H15BrN2O4S/c14-8-13(3-6-20-7-4-13)9-16-12(17)10-2-1-5-15-11(10)21(16,18)19/h1-2,5H,3-4,6-9H2. The van der Waals surface area contributed by atoms with E-state index in [1.54, 1.807) is 6.07 Å². The fourth-order valence-electron chi connectivity index (χ4n) is 2.71. The van der Waals surface area contributed by atoms with E-state index in [4.69, 9.17) is 4.74 Å². The second-order valence-electron chi connectivity index (χ2n) is 5.42. The monoisotopic (exact) mass is 374 g/mol. The van der Waals surface area contributed by atoms with Gasteiger partial charge in [-0.1, -0.05) is 15.9 Å². The average Bonchev–Trinajstić information content (AvgIpc) is 2.70. The maximum atomic E-state index is 12.5. The first-order valence-electron chi connectivity index (χ1n) is 6.66. The van der Waals surface area contributed by atoms with Crippen LogP contribution < -0.4 is 0 Å². The van der Waals surface area contributed by atoms with Gasteiger partial charge < -0.3 is 4.74 Å². The predicted octanol–water partition coefficient (Wildman–Crippen LogP) is 1.42. The van der Waals surface area contributed by atoms with Crippen LogP contribution in [0.1, 0.15) is 23.2 Å². The first-order valence-corrected chi connectivity index (χ1v) is 9.22. The number of rotatable bonds is 3. The number of alkyl halides is 1. The molecular weight excluding hydrogens is 360 g/mol. The highest BCUT2D eigenvalue weighted by Crippen LogP contribution is 2.38. The second kappa shape index (κ2) is 5.33. The summed E-state index contributed by atoms with van der Waals surface area (Å²) in [7, 11) is -3.83. The fraction of sp³-hybridized carbons (Fsp3) is 0.538. The molecule has 0 spiro atoms. The summed E-state index contributed by atoms with van der Waals surface area (Å²) in [6.07, 6.45) is 2.84. The van der Waals surface area contributed by atoms with Crippen LogP contribution in [0.5, 0.6) is 0 Å². The molecule has 0 unspecified atom stereocenters. The number of halogens is 1. The zero-order chi connectivity index (χ0) is 15.1. The van der Waals surface area contributed by atoms with Crippen molar-refractivity contribution in [2.45, 2.75) is 17.9 Å². The first kappa shape index (κ1) is 14.9. The molecule has 0 radical (unpaired) electrons. The van der Waals surface area contributed by atoms with Gasteiger partial charge in [0.25, 0.3) is 15.9 Å². The van der Waals surface area contributed by atoms with Crippen LogP contribution in [0.2, 0.25) is 0 Å². The lowest BCUT2D eigenvalue weighted by Gasteiger charge is -2.37. The number of carbonyl (C=O) groups is 1. The molecule has 1 aromatic rings. The van der Waals surface area contributed by atoms with Crippen molar-refractivity contribution >= 4 is 31.9 Å². The Labute approximate surface area is 131 Å². The summed E-state index contributed by atoms with van der Waals surface area (Å²) >= 11 is 3.46. The van der Waals surface area contributed by atoms with Gasteiger partial charge in [0, 0.05) is 36.7 Å². The van der Waals surface area contributed by atoms with Crippen LogP contribution in [0, 0.1) is 5.41 Å². The molecule has 0 N–H and O–H groups in total. The van der Waals surface area contributed by atoms with E-state index in [0.29, 0.717) is 18.5 Å². The number of amides is 1. The lowest BCUT2D eigenvalue weighted by atomic mass is 9.82. The van der Waals surface area contributed by atoms with Gasteiger partial charge in [-0.3, -0.25) is 4.79 Å². The summed E-state index contributed by atoms with van der Waals surface area (Å²) < 4.78 is 31.4. The molecule has 2 aliphatic rings. The maximum absolute atomic E-state index is 12.5. The van der Waals surface area contributed by atoms with Gasteiger partial charge in [0.15, 0.2) is 5.03 Å². The number of sulfonamides is 1. The third kappa shape index (κ3) is 2.39. The molecule has 2 aliphatic heterocycles. The van der Waals surface area contributed by atoms with Crippen molar-refractivity contribution in [3.05, 3.63) is 23.9 Å². The lowest BCUT2D eigenvalue weighted by molar-refractivity contribution is 0.0185. The summed E-state index contributed by atoms with van der Waals surface area (Å²) in [5, 5.41) is 0.499. The van der Waals surface area contributed by atoms with Gasteiger partial charge in [-0.15, -0.1) is 0 Å². The Morgan fingerprint density at radius 1 is 1.38 bits per heavy atom. The van der Waals surface area contributed by atoms with Crippen LogP contribution in [-0.4, -0.2) is 48.7 Å². The van der Waals surface area contributed by atoms with Crippen molar-refractivity contribution in [2.24, 2.45) is 5.41 Å². The quantitative estimate of drug-likeness (QED) is 0.747. The summed E-state index contributed by atoms with van der Waals surface area (Å²) in [4.78, 5) is 16.3. The SMILES string of the molecule is O=C1c2cccnc2S(=O)(=O)N1CC1(CBr)CCOCC1. The van der Waals surface area contributed by atoms with E-state index in [-0.39, 0.29) is 22.5 Å². The molecule has 0 aliphatic carbocycles. The molecule has 0 atom stereocenters. The molecule has 3 heterocycles. The smallest absolute Gasteiger partial charge is 0.285 e. The number of hydrogen-bond donors (Lipinski definition) is 0. The zero-order valence-electron chi connectivity index (χ0n) is 11.3. The van der Waals surface area contributed by atoms with E-state index < -0.39 is 15.9 Å². The van der Waals surface area contributed by atoms with Crippen LogP contribution in [0.3, 0.4) is 0 Å². The Balaban J connectivity index is 1.95. The molecule has 3 rings (SSSR count). The molecule has 8 heteroatoms. The molecule has 0 saturated carbocycles. The van der Waals surface area contributed by atoms with Gasteiger partial charge in [0.1, 0.15) is 0 Å². The van der Waals surface area contributed by atoms with E-state index in [1.807, 2.05) is 0 Å². The van der Waals surface area contributed by atoms with Gasteiger partial charge in [-0.2, -0.15) is 8.42 Å². The number of aromatic nitrogens is 1. The number of ether oxygens (including phenoxy) is 1. The molecule has 1 aromatic heterocycles. The zero-order valence-corrected chi connectivity index (χ0v) is 13.7. The summed E-state index contributed by atoms with van der Waals surface area (Å²) in [5.41, 5.74) is -0.113. The average molecular weight is 375 g/mol. The van der Waals surface area contributed by atoms with Crippen molar-refractivity contribution in [3.8, 4) is 0 Å². The number of fused-ring (bicyclic) bond motifs is 1. The van der Waals surface area contributed by atoms with E-state index >= 15 is 0 Å². The highest BCUT2D eigenvalue weighted by molar-refractivity contribution is 9.09. The number of hydrogen-bond acceptors (Lipinski definition) is 5. The van der Waals surface area contributed by atoms with E-state index in [1.165, 1.54) is 12.3 Å². The van der Waals surface area contributed by atoms with E-state index in [2.05, 4.69) is 20.9 Å². The predicted molar refractivity (Wildman–Crippen MR) is 78.7 cm³/mol. The summed E-state index contributed by atoms with van der Waals surface area (Å²) in [6, 6.07) is 3.08. The number of pyridine rings is 1. The number of carbonyl (C=O) groups excluding carboxylic acids is 1. The molecule has 114 valence electrons. The fourth-order valence-corrected chi connectivity index (χ4v) is 5.04. The topological polar surface area (TPSA) is 76.6 Å². The first-order chi connectivity index (χ1) is 10.0. The van der Waals surface area contributed by atoms with Gasteiger partial charge in [0.05, 0.1) is 5.56 Å². The Hall–Kier alpha value is -0.990. The maximum Gasteiger partial charge on any atom is 0.285 e. The molecule has 21 heavy (non-hydrogen) atoms. The molecular formula is C13H15BrN2O4S. The van der Waals surface area contributed by atoms with Gasteiger partial charge in [-0.05, 0) is 25.0 Å². The van der Waals surface area contributed by atoms with Crippen molar-refractivity contribution < 1.29 is 17.9 Å². The van der Waals surface area contributed by atoms with Crippen molar-refractivity contribution in [3.63, 3.8) is 0 Å².